The van der Waals surface area contributed by atoms with Gasteiger partial charge >= 0.3 is 0 Å². The summed E-state index contributed by atoms with van der Waals surface area (Å²) in [5, 5.41) is 2.54. The molecule has 0 amide bonds. The average molecular weight is 250 g/mol. The smallest absolute Gasteiger partial charge is 0.180 e. The molecule has 2 rings (SSSR count). The SMILES string of the molecule is COc1cccc(Cc2csc(N)n2)c1OC. The zero-order valence-electron chi connectivity index (χ0n) is 9.77. The van der Waals surface area contributed by atoms with Crippen molar-refractivity contribution in [2.45, 2.75) is 6.42 Å². The van der Waals surface area contributed by atoms with E-state index in [1.807, 2.05) is 23.6 Å². The summed E-state index contributed by atoms with van der Waals surface area (Å²) in [6.45, 7) is 0. The van der Waals surface area contributed by atoms with Crippen LogP contribution in [0.4, 0.5) is 5.13 Å². The van der Waals surface area contributed by atoms with E-state index >= 15 is 0 Å². The highest BCUT2D eigenvalue weighted by molar-refractivity contribution is 7.13. The Hall–Kier alpha value is -1.75. The average Bonchev–Trinajstić information content (AvgIpc) is 2.74. The zero-order valence-corrected chi connectivity index (χ0v) is 10.6. The molecule has 2 aromatic rings. The number of thiazole rings is 1. The lowest BCUT2D eigenvalue weighted by Gasteiger charge is -2.11. The fourth-order valence-electron chi connectivity index (χ4n) is 1.69. The lowest BCUT2D eigenvalue weighted by atomic mass is 10.1. The summed E-state index contributed by atoms with van der Waals surface area (Å²) in [6.07, 6.45) is 0.689. The second kappa shape index (κ2) is 5.05. The third-order valence-electron chi connectivity index (χ3n) is 2.43. The highest BCUT2D eigenvalue weighted by atomic mass is 32.1. The molecule has 90 valence electrons. The number of anilines is 1. The zero-order chi connectivity index (χ0) is 12.3. The second-order valence-electron chi connectivity index (χ2n) is 3.51. The van der Waals surface area contributed by atoms with Gasteiger partial charge in [0.05, 0.1) is 19.9 Å². The molecule has 0 saturated carbocycles. The standard InChI is InChI=1S/C12H14N2O2S/c1-15-10-5-3-4-8(11(10)16-2)6-9-7-17-12(13)14-9/h3-5,7H,6H2,1-2H3,(H2,13,14). The van der Waals surface area contributed by atoms with Gasteiger partial charge in [0.25, 0.3) is 0 Å². The molecule has 0 bridgehead atoms. The van der Waals surface area contributed by atoms with Gasteiger partial charge in [-0.1, -0.05) is 12.1 Å². The molecule has 5 heteroatoms. The van der Waals surface area contributed by atoms with E-state index in [4.69, 9.17) is 15.2 Å². The van der Waals surface area contributed by atoms with Crippen molar-refractivity contribution in [2.24, 2.45) is 0 Å². The van der Waals surface area contributed by atoms with Crippen molar-refractivity contribution in [3.05, 3.63) is 34.8 Å². The number of aromatic nitrogens is 1. The van der Waals surface area contributed by atoms with Gasteiger partial charge in [0, 0.05) is 17.4 Å². The van der Waals surface area contributed by atoms with E-state index in [-0.39, 0.29) is 0 Å². The number of hydrogen-bond donors (Lipinski definition) is 1. The van der Waals surface area contributed by atoms with Gasteiger partial charge in [0.1, 0.15) is 0 Å². The van der Waals surface area contributed by atoms with Crippen LogP contribution in [0.15, 0.2) is 23.6 Å². The number of rotatable bonds is 4. The van der Waals surface area contributed by atoms with E-state index in [0.717, 1.165) is 22.8 Å². The minimum Gasteiger partial charge on any atom is -0.493 e. The Bertz CT molecular complexity index is 511. The Morgan fingerprint density at radius 3 is 2.71 bits per heavy atom. The first-order valence-electron chi connectivity index (χ1n) is 5.14. The normalized spacial score (nSPS) is 10.2. The molecule has 17 heavy (non-hydrogen) atoms. The van der Waals surface area contributed by atoms with Crippen molar-refractivity contribution < 1.29 is 9.47 Å². The third-order valence-corrected chi connectivity index (χ3v) is 3.15. The Morgan fingerprint density at radius 1 is 1.29 bits per heavy atom. The maximum Gasteiger partial charge on any atom is 0.180 e. The van der Waals surface area contributed by atoms with Crippen molar-refractivity contribution in [3.8, 4) is 11.5 Å². The lowest BCUT2D eigenvalue weighted by Crippen LogP contribution is -1.97. The van der Waals surface area contributed by atoms with Crippen LogP contribution < -0.4 is 15.2 Å². The summed E-state index contributed by atoms with van der Waals surface area (Å²) in [5.41, 5.74) is 7.59. The van der Waals surface area contributed by atoms with Crippen molar-refractivity contribution in [3.63, 3.8) is 0 Å². The monoisotopic (exact) mass is 250 g/mol. The van der Waals surface area contributed by atoms with Gasteiger partial charge in [-0.05, 0) is 6.07 Å². The highest BCUT2D eigenvalue weighted by Crippen LogP contribution is 2.32. The molecule has 1 heterocycles. The number of hydrogen-bond acceptors (Lipinski definition) is 5. The van der Waals surface area contributed by atoms with Crippen LogP contribution in [0.2, 0.25) is 0 Å². The van der Waals surface area contributed by atoms with Crippen molar-refractivity contribution in [1.82, 2.24) is 4.98 Å². The molecule has 0 aliphatic heterocycles. The van der Waals surface area contributed by atoms with Gasteiger partial charge in [-0.25, -0.2) is 4.98 Å². The van der Waals surface area contributed by atoms with Crippen LogP contribution in [0.3, 0.4) is 0 Å². The van der Waals surface area contributed by atoms with E-state index in [1.165, 1.54) is 11.3 Å². The lowest BCUT2D eigenvalue weighted by molar-refractivity contribution is 0.352. The van der Waals surface area contributed by atoms with Gasteiger partial charge in [-0.2, -0.15) is 0 Å². The molecule has 0 radical (unpaired) electrons. The number of nitrogen functional groups attached to an aromatic ring is 1. The molecule has 2 N–H and O–H groups in total. The van der Waals surface area contributed by atoms with Gasteiger partial charge in [-0.3, -0.25) is 0 Å². The molecule has 0 saturated heterocycles. The number of para-hydroxylation sites is 1. The predicted molar refractivity (Wildman–Crippen MR) is 68.9 cm³/mol. The van der Waals surface area contributed by atoms with E-state index in [0.29, 0.717) is 11.6 Å². The Labute approximate surface area is 104 Å². The predicted octanol–water partition coefficient (Wildman–Crippen LogP) is 2.33. The van der Waals surface area contributed by atoms with Gasteiger partial charge < -0.3 is 15.2 Å². The van der Waals surface area contributed by atoms with Crippen LogP contribution >= 0.6 is 11.3 Å². The van der Waals surface area contributed by atoms with E-state index in [1.54, 1.807) is 14.2 Å². The quantitative estimate of drug-likeness (QED) is 0.904. The molecular formula is C12H14N2O2S. The summed E-state index contributed by atoms with van der Waals surface area (Å²) >= 11 is 1.44. The Morgan fingerprint density at radius 2 is 2.12 bits per heavy atom. The first kappa shape index (κ1) is 11.7. The summed E-state index contributed by atoms with van der Waals surface area (Å²) in [4.78, 5) is 4.24. The van der Waals surface area contributed by atoms with Crippen molar-refractivity contribution in [1.29, 1.82) is 0 Å². The van der Waals surface area contributed by atoms with Gasteiger partial charge in [0.15, 0.2) is 16.6 Å². The first-order valence-corrected chi connectivity index (χ1v) is 6.02. The second-order valence-corrected chi connectivity index (χ2v) is 4.40. The van der Waals surface area contributed by atoms with Crippen LogP contribution in [-0.4, -0.2) is 19.2 Å². The molecule has 1 aromatic carbocycles. The highest BCUT2D eigenvalue weighted by Gasteiger charge is 2.11. The molecule has 0 atom stereocenters. The molecule has 0 aliphatic rings. The maximum atomic E-state index is 5.61. The van der Waals surface area contributed by atoms with Crippen LogP contribution in [-0.2, 0) is 6.42 Å². The molecule has 0 aliphatic carbocycles. The fourth-order valence-corrected chi connectivity index (χ4v) is 2.25. The van der Waals surface area contributed by atoms with Crippen molar-refractivity contribution >= 4 is 16.5 Å². The largest absolute Gasteiger partial charge is 0.493 e. The number of nitrogens with zero attached hydrogens (tertiary/aromatic N) is 1. The third kappa shape index (κ3) is 2.50. The number of benzene rings is 1. The summed E-state index contributed by atoms with van der Waals surface area (Å²) in [7, 11) is 3.26. The first-order chi connectivity index (χ1) is 8.24. The molecule has 0 unspecified atom stereocenters. The van der Waals surface area contributed by atoms with Crippen LogP contribution in [0.5, 0.6) is 11.5 Å². The van der Waals surface area contributed by atoms with E-state index in [9.17, 15) is 0 Å². The maximum absolute atomic E-state index is 5.61. The summed E-state index contributed by atoms with van der Waals surface area (Å²) in [6, 6.07) is 5.81. The molecule has 0 spiro atoms. The van der Waals surface area contributed by atoms with Gasteiger partial charge in [-0.15, -0.1) is 11.3 Å². The number of methoxy groups -OCH3 is 2. The molecule has 4 nitrogen and oxygen atoms in total. The topological polar surface area (TPSA) is 57.4 Å². The minimum absolute atomic E-state index is 0.585. The Balaban J connectivity index is 2.32. The number of nitrogens with two attached hydrogens (primary N) is 1. The summed E-state index contributed by atoms with van der Waals surface area (Å²) in [5.74, 6) is 1.48. The molecular weight excluding hydrogens is 236 g/mol. The van der Waals surface area contributed by atoms with Gasteiger partial charge in [0.2, 0.25) is 0 Å². The molecule has 1 aromatic heterocycles. The van der Waals surface area contributed by atoms with E-state index < -0.39 is 0 Å². The number of ether oxygens (including phenoxy) is 2. The summed E-state index contributed by atoms with van der Waals surface area (Å²) < 4.78 is 10.6. The van der Waals surface area contributed by atoms with Crippen LogP contribution in [0.25, 0.3) is 0 Å². The van der Waals surface area contributed by atoms with Crippen LogP contribution in [0.1, 0.15) is 11.3 Å². The van der Waals surface area contributed by atoms with Crippen molar-refractivity contribution in [2.75, 3.05) is 20.0 Å². The van der Waals surface area contributed by atoms with Crippen LogP contribution in [0, 0.1) is 0 Å². The Kier molecular flexibility index (Phi) is 3.49. The molecule has 0 fully saturated rings. The van der Waals surface area contributed by atoms with E-state index in [2.05, 4.69) is 4.98 Å². The minimum atomic E-state index is 0.585. The fraction of sp³-hybridized carbons (Fsp3) is 0.250.